The summed E-state index contributed by atoms with van der Waals surface area (Å²) in [6, 6.07) is 7.76. The summed E-state index contributed by atoms with van der Waals surface area (Å²) in [6.45, 7) is 3.74. The van der Waals surface area contributed by atoms with Crippen LogP contribution in [0.1, 0.15) is 10.4 Å². The standard InChI is InChI=1S/C14H19N3OS2/c1-20-12-5-3-2-4-11(12)14(18)17-8-6-16(7-9-17)10-13(15)19/h2-5H,6-10H2,1H3,(H2,15,19). The van der Waals surface area contributed by atoms with Gasteiger partial charge in [-0.15, -0.1) is 11.8 Å². The SMILES string of the molecule is CSc1ccccc1C(=O)N1CCN(CC(N)=S)CC1. The fourth-order valence-electron chi connectivity index (χ4n) is 2.32. The third kappa shape index (κ3) is 3.71. The number of thiocarbonyl (C=S) groups is 1. The van der Waals surface area contributed by atoms with Crippen molar-refractivity contribution in [1.82, 2.24) is 9.80 Å². The van der Waals surface area contributed by atoms with Crippen molar-refractivity contribution in [3.05, 3.63) is 29.8 Å². The molecule has 0 spiro atoms. The van der Waals surface area contributed by atoms with Gasteiger partial charge in [-0.05, 0) is 18.4 Å². The minimum absolute atomic E-state index is 0.116. The van der Waals surface area contributed by atoms with E-state index in [0.29, 0.717) is 11.5 Å². The van der Waals surface area contributed by atoms with Crippen LogP contribution in [0.15, 0.2) is 29.2 Å². The number of hydrogen-bond donors (Lipinski definition) is 1. The zero-order valence-corrected chi connectivity index (χ0v) is 13.2. The van der Waals surface area contributed by atoms with Gasteiger partial charge in [0.25, 0.3) is 5.91 Å². The van der Waals surface area contributed by atoms with Gasteiger partial charge >= 0.3 is 0 Å². The molecule has 2 N–H and O–H groups in total. The molecule has 1 aliphatic rings. The maximum Gasteiger partial charge on any atom is 0.255 e. The van der Waals surface area contributed by atoms with Gasteiger partial charge < -0.3 is 10.6 Å². The monoisotopic (exact) mass is 309 g/mol. The van der Waals surface area contributed by atoms with E-state index in [2.05, 4.69) is 4.90 Å². The first-order valence-electron chi connectivity index (χ1n) is 6.54. The number of carbonyl (C=O) groups is 1. The Balaban J connectivity index is 2.00. The lowest BCUT2D eigenvalue weighted by atomic mass is 10.2. The lowest BCUT2D eigenvalue weighted by Crippen LogP contribution is -2.50. The highest BCUT2D eigenvalue weighted by atomic mass is 32.2. The first-order valence-corrected chi connectivity index (χ1v) is 8.18. The van der Waals surface area contributed by atoms with Crippen molar-refractivity contribution >= 4 is 34.9 Å². The number of benzene rings is 1. The molecule has 20 heavy (non-hydrogen) atoms. The van der Waals surface area contributed by atoms with Crippen molar-refractivity contribution in [3.8, 4) is 0 Å². The van der Waals surface area contributed by atoms with Crippen LogP contribution in [-0.2, 0) is 0 Å². The quantitative estimate of drug-likeness (QED) is 0.674. The largest absolute Gasteiger partial charge is 0.392 e. The molecular weight excluding hydrogens is 290 g/mol. The van der Waals surface area contributed by atoms with E-state index in [4.69, 9.17) is 18.0 Å². The van der Waals surface area contributed by atoms with E-state index in [-0.39, 0.29) is 5.91 Å². The second-order valence-corrected chi connectivity index (χ2v) is 6.11. The van der Waals surface area contributed by atoms with Crippen LogP contribution in [0.4, 0.5) is 0 Å². The Morgan fingerprint density at radius 3 is 2.55 bits per heavy atom. The summed E-state index contributed by atoms with van der Waals surface area (Å²) in [5.74, 6) is 0.116. The highest BCUT2D eigenvalue weighted by Crippen LogP contribution is 2.21. The molecule has 1 heterocycles. The summed E-state index contributed by atoms with van der Waals surface area (Å²) in [6.07, 6.45) is 1.99. The predicted molar refractivity (Wildman–Crippen MR) is 87.4 cm³/mol. The second-order valence-electron chi connectivity index (χ2n) is 4.73. The second kappa shape index (κ2) is 7.06. The van der Waals surface area contributed by atoms with Gasteiger partial charge in [0.15, 0.2) is 0 Å². The number of nitrogens with two attached hydrogens (primary N) is 1. The van der Waals surface area contributed by atoms with Crippen LogP contribution in [-0.4, -0.2) is 59.7 Å². The molecule has 0 aliphatic carbocycles. The summed E-state index contributed by atoms with van der Waals surface area (Å²) < 4.78 is 0. The van der Waals surface area contributed by atoms with Crippen molar-refractivity contribution in [1.29, 1.82) is 0 Å². The lowest BCUT2D eigenvalue weighted by molar-refractivity contribution is 0.0651. The number of rotatable bonds is 4. The Morgan fingerprint density at radius 1 is 1.30 bits per heavy atom. The van der Waals surface area contributed by atoms with Crippen LogP contribution < -0.4 is 5.73 Å². The van der Waals surface area contributed by atoms with Crippen LogP contribution in [0.25, 0.3) is 0 Å². The Bertz CT molecular complexity index is 499. The number of amides is 1. The van der Waals surface area contributed by atoms with Crippen molar-refractivity contribution < 1.29 is 4.79 Å². The summed E-state index contributed by atoms with van der Waals surface area (Å²) in [4.78, 5) is 18.2. The molecule has 0 aromatic heterocycles. The maximum absolute atomic E-state index is 12.6. The number of hydrogen-bond acceptors (Lipinski definition) is 4. The zero-order valence-electron chi connectivity index (χ0n) is 11.5. The highest BCUT2D eigenvalue weighted by molar-refractivity contribution is 7.98. The Labute approximate surface area is 129 Å². The first kappa shape index (κ1) is 15.3. The number of carbonyl (C=O) groups excluding carboxylic acids is 1. The molecule has 0 bridgehead atoms. The molecule has 1 fully saturated rings. The van der Waals surface area contributed by atoms with Gasteiger partial charge in [0.1, 0.15) is 0 Å². The van der Waals surface area contributed by atoms with E-state index in [1.807, 2.05) is 35.4 Å². The highest BCUT2D eigenvalue weighted by Gasteiger charge is 2.23. The predicted octanol–water partition coefficient (Wildman–Crippen LogP) is 1.45. The molecule has 1 amide bonds. The van der Waals surface area contributed by atoms with Gasteiger partial charge in [-0.3, -0.25) is 9.69 Å². The van der Waals surface area contributed by atoms with Gasteiger partial charge in [0.05, 0.1) is 10.6 Å². The molecule has 1 saturated heterocycles. The Kier molecular flexibility index (Phi) is 5.39. The third-order valence-electron chi connectivity index (χ3n) is 3.38. The average molecular weight is 309 g/mol. The zero-order chi connectivity index (χ0) is 14.5. The minimum Gasteiger partial charge on any atom is -0.392 e. The van der Waals surface area contributed by atoms with Crippen molar-refractivity contribution in [3.63, 3.8) is 0 Å². The number of piperazine rings is 1. The molecular formula is C14H19N3OS2. The van der Waals surface area contributed by atoms with E-state index < -0.39 is 0 Å². The molecule has 0 atom stereocenters. The molecule has 4 nitrogen and oxygen atoms in total. The summed E-state index contributed by atoms with van der Waals surface area (Å²) in [5.41, 5.74) is 6.35. The summed E-state index contributed by atoms with van der Waals surface area (Å²) in [5, 5.41) is 0. The normalized spacial score (nSPS) is 16.1. The van der Waals surface area contributed by atoms with E-state index in [1.54, 1.807) is 11.8 Å². The molecule has 0 radical (unpaired) electrons. The van der Waals surface area contributed by atoms with E-state index in [9.17, 15) is 4.79 Å². The fraction of sp³-hybridized carbons (Fsp3) is 0.429. The van der Waals surface area contributed by atoms with E-state index in [0.717, 1.165) is 36.6 Å². The number of thioether (sulfide) groups is 1. The summed E-state index contributed by atoms with van der Waals surface area (Å²) in [7, 11) is 0. The van der Waals surface area contributed by atoms with E-state index >= 15 is 0 Å². The van der Waals surface area contributed by atoms with Crippen molar-refractivity contribution in [2.24, 2.45) is 5.73 Å². The molecule has 1 aliphatic heterocycles. The molecule has 6 heteroatoms. The van der Waals surface area contributed by atoms with Crippen molar-refractivity contribution in [2.75, 3.05) is 39.0 Å². The average Bonchev–Trinajstić information content (AvgIpc) is 2.46. The molecule has 0 saturated carbocycles. The molecule has 108 valence electrons. The van der Waals surface area contributed by atoms with Crippen LogP contribution in [0, 0.1) is 0 Å². The van der Waals surface area contributed by atoms with Crippen LogP contribution >= 0.6 is 24.0 Å². The smallest absolute Gasteiger partial charge is 0.255 e. The third-order valence-corrected chi connectivity index (χ3v) is 4.30. The lowest BCUT2D eigenvalue weighted by Gasteiger charge is -2.34. The molecule has 1 aromatic carbocycles. The first-order chi connectivity index (χ1) is 9.61. The number of nitrogens with zero attached hydrogens (tertiary/aromatic N) is 2. The van der Waals surface area contributed by atoms with Crippen LogP contribution in [0.3, 0.4) is 0 Å². The Morgan fingerprint density at radius 2 is 1.95 bits per heavy atom. The molecule has 1 aromatic rings. The Hall–Kier alpha value is -1.11. The van der Waals surface area contributed by atoms with Crippen LogP contribution in [0.5, 0.6) is 0 Å². The maximum atomic E-state index is 12.6. The fourth-order valence-corrected chi connectivity index (χ4v) is 3.09. The van der Waals surface area contributed by atoms with Gasteiger partial charge in [-0.25, -0.2) is 0 Å². The van der Waals surface area contributed by atoms with Gasteiger partial charge in [0.2, 0.25) is 0 Å². The van der Waals surface area contributed by atoms with E-state index in [1.165, 1.54) is 0 Å². The molecule has 0 unspecified atom stereocenters. The van der Waals surface area contributed by atoms with Gasteiger partial charge in [-0.2, -0.15) is 0 Å². The summed E-state index contributed by atoms with van der Waals surface area (Å²) >= 11 is 6.52. The minimum atomic E-state index is 0.116. The van der Waals surface area contributed by atoms with Crippen LogP contribution in [0.2, 0.25) is 0 Å². The van der Waals surface area contributed by atoms with Crippen molar-refractivity contribution in [2.45, 2.75) is 4.90 Å². The van der Waals surface area contributed by atoms with Gasteiger partial charge in [-0.1, -0.05) is 24.4 Å². The molecule has 2 rings (SSSR count). The van der Waals surface area contributed by atoms with Gasteiger partial charge in [0, 0.05) is 37.6 Å². The topological polar surface area (TPSA) is 49.6 Å².